The molecule has 1 aliphatic carbocycles. The van der Waals surface area contributed by atoms with Crippen LogP contribution in [0.1, 0.15) is 30.3 Å². The number of aromatic hydroxyl groups is 1. The number of aromatic nitrogens is 1. The van der Waals surface area contributed by atoms with Gasteiger partial charge in [-0.15, -0.1) is 0 Å². The Morgan fingerprint density at radius 1 is 1.57 bits per heavy atom. The predicted octanol–water partition coefficient (Wildman–Crippen LogP) is 1.07. The molecule has 1 aromatic rings. The summed E-state index contributed by atoms with van der Waals surface area (Å²) < 4.78 is 0. The molecule has 2 N–H and O–H groups in total. The molecule has 1 aromatic heterocycles. The SMILES string of the molecule is CC1(NC(=O)c2ccc(O)cn2)CC1. The smallest absolute Gasteiger partial charge is 0.270 e. The number of nitrogens with zero attached hydrogens (tertiary/aromatic N) is 1. The molecule has 74 valence electrons. The first-order chi connectivity index (χ1) is 6.59. The van der Waals surface area contributed by atoms with Crippen LogP contribution in [0.3, 0.4) is 0 Å². The third-order valence-corrected chi connectivity index (χ3v) is 2.40. The standard InChI is InChI=1S/C10H12N2O2/c1-10(4-5-10)12-9(14)8-3-2-7(13)6-11-8/h2-3,6,13H,4-5H2,1H3,(H,12,14). The van der Waals surface area contributed by atoms with Gasteiger partial charge in [0.15, 0.2) is 0 Å². The van der Waals surface area contributed by atoms with Gasteiger partial charge in [0.1, 0.15) is 11.4 Å². The van der Waals surface area contributed by atoms with Crippen LogP contribution in [0.2, 0.25) is 0 Å². The number of amides is 1. The third-order valence-electron chi connectivity index (χ3n) is 2.40. The van der Waals surface area contributed by atoms with E-state index >= 15 is 0 Å². The molecule has 1 saturated carbocycles. The number of pyridine rings is 1. The zero-order chi connectivity index (χ0) is 10.2. The number of hydrogen-bond donors (Lipinski definition) is 2. The summed E-state index contributed by atoms with van der Waals surface area (Å²) in [6, 6.07) is 2.97. The molecule has 14 heavy (non-hydrogen) atoms. The molecule has 0 atom stereocenters. The summed E-state index contributed by atoms with van der Waals surface area (Å²) in [6.45, 7) is 2.01. The molecule has 0 radical (unpaired) electrons. The number of carbonyl (C=O) groups is 1. The van der Waals surface area contributed by atoms with Crippen molar-refractivity contribution in [2.24, 2.45) is 0 Å². The molecule has 1 heterocycles. The minimum absolute atomic E-state index is 0.0311. The molecule has 4 nitrogen and oxygen atoms in total. The first-order valence-electron chi connectivity index (χ1n) is 4.57. The Balaban J connectivity index is 2.07. The van der Waals surface area contributed by atoms with E-state index in [4.69, 9.17) is 5.11 Å². The molecule has 0 unspecified atom stereocenters. The minimum atomic E-state index is -0.176. The molecule has 1 aliphatic rings. The maximum Gasteiger partial charge on any atom is 0.270 e. The summed E-state index contributed by atoms with van der Waals surface area (Å²) >= 11 is 0. The Labute approximate surface area is 82.0 Å². The minimum Gasteiger partial charge on any atom is -0.506 e. The predicted molar refractivity (Wildman–Crippen MR) is 51.0 cm³/mol. The summed E-state index contributed by atoms with van der Waals surface area (Å²) in [7, 11) is 0. The quantitative estimate of drug-likeness (QED) is 0.736. The zero-order valence-electron chi connectivity index (χ0n) is 7.95. The van der Waals surface area contributed by atoms with Crippen molar-refractivity contribution >= 4 is 5.91 Å². The lowest BCUT2D eigenvalue weighted by molar-refractivity contribution is 0.0930. The van der Waals surface area contributed by atoms with Gasteiger partial charge in [-0.2, -0.15) is 0 Å². The molecule has 1 amide bonds. The van der Waals surface area contributed by atoms with Crippen LogP contribution in [0, 0.1) is 0 Å². The van der Waals surface area contributed by atoms with E-state index in [1.165, 1.54) is 18.3 Å². The molecule has 0 spiro atoms. The molecule has 2 rings (SSSR count). The van der Waals surface area contributed by atoms with E-state index in [9.17, 15) is 4.79 Å². The molecule has 0 bridgehead atoms. The van der Waals surface area contributed by atoms with E-state index in [0.717, 1.165) is 12.8 Å². The van der Waals surface area contributed by atoms with E-state index in [-0.39, 0.29) is 17.2 Å². The fourth-order valence-corrected chi connectivity index (χ4v) is 1.17. The normalized spacial score (nSPS) is 17.5. The molecular weight excluding hydrogens is 180 g/mol. The average Bonchev–Trinajstić information content (AvgIpc) is 2.84. The monoisotopic (exact) mass is 192 g/mol. The maximum absolute atomic E-state index is 11.6. The van der Waals surface area contributed by atoms with E-state index in [0.29, 0.717) is 5.69 Å². The molecule has 0 saturated heterocycles. The largest absolute Gasteiger partial charge is 0.506 e. The molecular formula is C10H12N2O2. The van der Waals surface area contributed by atoms with Crippen LogP contribution in [0.4, 0.5) is 0 Å². The van der Waals surface area contributed by atoms with Gasteiger partial charge in [0.05, 0.1) is 6.20 Å². The van der Waals surface area contributed by atoms with Crippen LogP contribution >= 0.6 is 0 Å². The van der Waals surface area contributed by atoms with Crippen molar-refractivity contribution in [3.63, 3.8) is 0 Å². The summed E-state index contributed by atoms with van der Waals surface area (Å²) in [5.74, 6) is -0.107. The van der Waals surface area contributed by atoms with Gasteiger partial charge in [-0.1, -0.05) is 0 Å². The average molecular weight is 192 g/mol. The second-order valence-corrected chi connectivity index (χ2v) is 3.92. The molecule has 4 heteroatoms. The molecule has 1 fully saturated rings. The van der Waals surface area contributed by atoms with Crippen LogP contribution in [-0.4, -0.2) is 21.5 Å². The summed E-state index contributed by atoms with van der Waals surface area (Å²) in [5, 5.41) is 11.9. The highest BCUT2D eigenvalue weighted by Gasteiger charge is 2.38. The van der Waals surface area contributed by atoms with Crippen molar-refractivity contribution in [2.75, 3.05) is 0 Å². The maximum atomic E-state index is 11.6. The highest BCUT2D eigenvalue weighted by atomic mass is 16.3. The Hall–Kier alpha value is -1.58. The lowest BCUT2D eigenvalue weighted by atomic mass is 10.2. The highest BCUT2D eigenvalue weighted by molar-refractivity contribution is 5.93. The van der Waals surface area contributed by atoms with Gasteiger partial charge in [0.2, 0.25) is 0 Å². The van der Waals surface area contributed by atoms with Gasteiger partial charge >= 0.3 is 0 Å². The van der Waals surface area contributed by atoms with Crippen molar-refractivity contribution in [3.8, 4) is 5.75 Å². The number of hydrogen-bond acceptors (Lipinski definition) is 3. The summed E-state index contributed by atoms with van der Waals surface area (Å²) in [6.07, 6.45) is 3.32. The van der Waals surface area contributed by atoms with E-state index in [1.807, 2.05) is 6.92 Å². The first kappa shape index (κ1) is 8.99. The molecule has 0 aliphatic heterocycles. The second-order valence-electron chi connectivity index (χ2n) is 3.92. The fraction of sp³-hybridized carbons (Fsp3) is 0.400. The van der Waals surface area contributed by atoms with Gasteiger partial charge < -0.3 is 10.4 Å². The third kappa shape index (κ3) is 1.84. The number of nitrogens with one attached hydrogen (secondary N) is 1. The van der Waals surface area contributed by atoms with Crippen LogP contribution in [-0.2, 0) is 0 Å². The lowest BCUT2D eigenvalue weighted by Crippen LogP contribution is -2.34. The zero-order valence-corrected chi connectivity index (χ0v) is 7.95. The van der Waals surface area contributed by atoms with Crippen molar-refractivity contribution in [1.29, 1.82) is 0 Å². The van der Waals surface area contributed by atoms with Crippen molar-refractivity contribution in [2.45, 2.75) is 25.3 Å². The van der Waals surface area contributed by atoms with Crippen LogP contribution in [0.25, 0.3) is 0 Å². The van der Waals surface area contributed by atoms with Gasteiger partial charge in [-0.25, -0.2) is 4.98 Å². The van der Waals surface area contributed by atoms with Gasteiger partial charge in [0, 0.05) is 5.54 Å². The van der Waals surface area contributed by atoms with Gasteiger partial charge in [0.25, 0.3) is 5.91 Å². The Morgan fingerprint density at radius 2 is 2.29 bits per heavy atom. The summed E-state index contributed by atoms with van der Waals surface area (Å²) in [4.78, 5) is 15.4. The lowest BCUT2D eigenvalue weighted by Gasteiger charge is -2.10. The highest BCUT2D eigenvalue weighted by Crippen LogP contribution is 2.34. The van der Waals surface area contributed by atoms with E-state index in [2.05, 4.69) is 10.3 Å². The van der Waals surface area contributed by atoms with E-state index < -0.39 is 0 Å². The van der Waals surface area contributed by atoms with Crippen LogP contribution < -0.4 is 5.32 Å². The van der Waals surface area contributed by atoms with Crippen molar-refractivity contribution in [3.05, 3.63) is 24.0 Å². The Bertz CT molecular complexity index is 355. The van der Waals surface area contributed by atoms with Crippen molar-refractivity contribution in [1.82, 2.24) is 10.3 Å². The van der Waals surface area contributed by atoms with Crippen molar-refractivity contribution < 1.29 is 9.90 Å². The fourth-order valence-electron chi connectivity index (χ4n) is 1.17. The summed E-state index contributed by atoms with van der Waals surface area (Å²) in [5.41, 5.74) is 0.312. The molecule has 0 aromatic carbocycles. The first-order valence-corrected chi connectivity index (χ1v) is 4.57. The second kappa shape index (κ2) is 2.97. The number of carbonyl (C=O) groups excluding carboxylic acids is 1. The van der Waals surface area contributed by atoms with Crippen LogP contribution in [0.5, 0.6) is 5.75 Å². The van der Waals surface area contributed by atoms with Gasteiger partial charge in [-0.05, 0) is 31.9 Å². The van der Waals surface area contributed by atoms with Crippen LogP contribution in [0.15, 0.2) is 18.3 Å². The Morgan fingerprint density at radius 3 is 2.79 bits per heavy atom. The topological polar surface area (TPSA) is 62.2 Å². The van der Waals surface area contributed by atoms with Gasteiger partial charge in [-0.3, -0.25) is 4.79 Å². The number of rotatable bonds is 2. The Kier molecular flexibility index (Phi) is 1.91. The van der Waals surface area contributed by atoms with E-state index in [1.54, 1.807) is 0 Å².